The fourth-order valence-corrected chi connectivity index (χ4v) is 1.73. The van der Waals surface area contributed by atoms with Gasteiger partial charge in [-0.05, 0) is 39.2 Å². The maximum Gasteiger partial charge on any atom is 0.408 e. The fraction of sp³-hybridized carbons (Fsp3) is 0.438. The molecule has 0 fully saturated rings. The lowest BCUT2D eigenvalue weighted by Crippen LogP contribution is -2.40. The quantitative estimate of drug-likeness (QED) is 0.809. The van der Waals surface area contributed by atoms with Crippen LogP contribution in [0, 0.1) is 0 Å². The third kappa shape index (κ3) is 6.27. The molecule has 1 unspecified atom stereocenters. The number of carbonyl (C=O) groups is 1. The summed E-state index contributed by atoms with van der Waals surface area (Å²) >= 11 is 0. The van der Waals surface area contributed by atoms with Crippen molar-refractivity contribution in [2.45, 2.75) is 45.3 Å². The first-order valence-electron chi connectivity index (χ1n) is 6.69. The first-order chi connectivity index (χ1) is 9.28. The molecule has 1 atom stereocenters. The van der Waals surface area contributed by atoms with Gasteiger partial charge in [-0.15, -0.1) is 0 Å². The summed E-state index contributed by atoms with van der Waals surface area (Å²) in [7, 11) is 0. The summed E-state index contributed by atoms with van der Waals surface area (Å²) < 4.78 is 5.17. The monoisotopic (exact) mass is 277 g/mol. The molecule has 0 aromatic heterocycles. The Bertz CT molecular complexity index is 449. The van der Waals surface area contributed by atoms with Gasteiger partial charge in [0.2, 0.25) is 0 Å². The molecule has 1 aromatic rings. The number of rotatable bonds is 5. The van der Waals surface area contributed by atoms with E-state index >= 15 is 0 Å². The number of nitrogens with one attached hydrogen (secondary N) is 1. The third-order valence-corrected chi connectivity index (χ3v) is 2.66. The minimum Gasteiger partial charge on any atom is -0.511 e. The Balaban J connectivity index is 2.53. The zero-order valence-electron chi connectivity index (χ0n) is 12.3. The van der Waals surface area contributed by atoms with Crippen molar-refractivity contribution < 1.29 is 14.6 Å². The number of amides is 1. The van der Waals surface area contributed by atoms with E-state index in [1.54, 1.807) is 20.8 Å². The fourth-order valence-electron chi connectivity index (χ4n) is 1.73. The minimum absolute atomic E-state index is 0.0632. The highest BCUT2D eigenvalue weighted by molar-refractivity contribution is 5.68. The number of hydrogen-bond donors (Lipinski definition) is 2. The number of ether oxygens (including phenoxy) is 1. The molecule has 0 heterocycles. The molecule has 1 aromatic carbocycles. The predicted molar refractivity (Wildman–Crippen MR) is 79.7 cm³/mol. The van der Waals surface area contributed by atoms with Gasteiger partial charge in [0, 0.05) is 0 Å². The zero-order valence-corrected chi connectivity index (χ0v) is 12.3. The second-order valence-electron chi connectivity index (χ2n) is 5.71. The van der Waals surface area contributed by atoms with Crippen molar-refractivity contribution in [1.29, 1.82) is 0 Å². The molecule has 2 N–H and O–H groups in total. The third-order valence-electron chi connectivity index (χ3n) is 2.66. The molecule has 0 bridgehead atoms. The number of carbonyl (C=O) groups excluding carboxylic acids is 1. The van der Waals surface area contributed by atoms with E-state index in [-0.39, 0.29) is 5.76 Å². The van der Waals surface area contributed by atoms with Gasteiger partial charge in [0.1, 0.15) is 11.4 Å². The van der Waals surface area contributed by atoms with Crippen LogP contribution in [0.2, 0.25) is 0 Å². The van der Waals surface area contributed by atoms with E-state index in [0.717, 1.165) is 12.0 Å². The Kier molecular flexibility index (Phi) is 5.62. The van der Waals surface area contributed by atoms with Crippen LogP contribution in [-0.2, 0) is 11.2 Å². The molecule has 0 saturated heterocycles. The van der Waals surface area contributed by atoms with Crippen molar-refractivity contribution in [2.75, 3.05) is 0 Å². The Morgan fingerprint density at radius 2 is 1.95 bits per heavy atom. The molecule has 1 rings (SSSR count). The van der Waals surface area contributed by atoms with Crippen molar-refractivity contribution in [3.63, 3.8) is 0 Å². The highest BCUT2D eigenvalue weighted by Gasteiger charge is 2.20. The lowest BCUT2D eigenvalue weighted by atomic mass is 10.0. The molecular formula is C16H23NO3. The van der Waals surface area contributed by atoms with Gasteiger partial charge in [0.05, 0.1) is 6.04 Å². The van der Waals surface area contributed by atoms with Crippen LogP contribution >= 0.6 is 0 Å². The molecule has 1 amide bonds. The normalized spacial score (nSPS) is 12.6. The number of alkyl carbamates (subject to hydrolysis) is 1. The zero-order chi connectivity index (χ0) is 15.2. The van der Waals surface area contributed by atoms with Gasteiger partial charge in [0.15, 0.2) is 0 Å². The van der Waals surface area contributed by atoms with Crippen LogP contribution in [0.25, 0.3) is 0 Å². The summed E-state index contributed by atoms with van der Waals surface area (Å²) in [6.07, 6.45) is 0.755. The van der Waals surface area contributed by atoms with Gasteiger partial charge in [-0.2, -0.15) is 0 Å². The number of aliphatic hydroxyl groups excluding tert-OH is 1. The maximum absolute atomic E-state index is 11.7. The van der Waals surface area contributed by atoms with E-state index in [0.29, 0.717) is 6.42 Å². The van der Waals surface area contributed by atoms with E-state index in [4.69, 9.17) is 4.74 Å². The molecular weight excluding hydrogens is 254 g/mol. The molecule has 0 spiro atoms. The highest BCUT2D eigenvalue weighted by atomic mass is 16.6. The largest absolute Gasteiger partial charge is 0.511 e. The molecule has 0 aliphatic rings. The number of hydrogen-bond acceptors (Lipinski definition) is 3. The molecule has 0 aliphatic carbocycles. The van der Waals surface area contributed by atoms with E-state index < -0.39 is 17.7 Å². The molecule has 110 valence electrons. The number of benzene rings is 1. The topological polar surface area (TPSA) is 58.6 Å². The van der Waals surface area contributed by atoms with Crippen molar-refractivity contribution in [3.05, 3.63) is 48.2 Å². The van der Waals surface area contributed by atoms with Crippen LogP contribution in [0.1, 0.15) is 32.8 Å². The van der Waals surface area contributed by atoms with Gasteiger partial charge in [0.25, 0.3) is 0 Å². The molecule has 0 radical (unpaired) electrons. The number of aryl methyl sites for hydroxylation is 1. The highest BCUT2D eigenvalue weighted by Crippen LogP contribution is 2.11. The van der Waals surface area contributed by atoms with Crippen LogP contribution in [-0.4, -0.2) is 22.8 Å². The van der Waals surface area contributed by atoms with Crippen LogP contribution in [0.4, 0.5) is 4.79 Å². The van der Waals surface area contributed by atoms with Crippen molar-refractivity contribution >= 4 is 6.09 Å². The summed E-state index contributed by atoms with van der Waals surface area (Å²) in [5, 5.41) is 12.2. The smallest absolute Gasteiger partial charge is 0.408 e. The van der Waals surface area contributed by atoms with Gasteiger partial charge in [-0.3, -0.25) is 0 Å². The Morgan fingerprint density at radius 1 is 1.35 bits per heavy atom. The molecule has 4 nitrogen and oxygen atoms in total. The Labute approximate surface area is 120 Å². The van der Waals surface area contributed by atoms with Crippen molar-refractivity contribution in [3.8, 4) is 0 Å². The van der Waals surface area contributed by atoms with Crippen LogP contribution in [0.15, 0.2) is 42.7 Å². The average Bonchev–Trinajstić information content (AvgIpc) is 2.33. The first kappa shape index (κ1) is 16.1. The summed E-state index contributed by atoms with van der Waals surface area (Å²) in [5.74, 6) is -0.0632. The van der Waals surface area contributed by atoms with Crippen LogP contribution in [0.5, 0.6) is 0 Å². The standard InChI is InChI=1S/C16H23NO3/c1-12(18)14(17-15(19)20-16(2,3)4)11-10-13-8-6-5-7-9-13/h5-9,14,18H,1,10-11H2,2-4H3,(H,17,19). The molecule has 0 saturated carbocycles. The second kappa shape index (κ2) is 6.98. The van der Waals surface area contributed by atoms with Gasteiger partial charge >= 0.3 is 6.09 Å². The van der Waals surface area contributed by atoms with Gasteiger partial charge in [-0.25, -0.2) is 4.79 Å². The summed E-state index contributed by atoms with van der Waals surface area (Å²) in [4.78, 5) is 11.7. The Morgan fingerprint density at radius 3 is 2.45 bits per heavy atom. The van der Waals surface area contributed by atoms with E-state index in [9.17, 15) is 9.90 Å². The van der Waals surface area contributed by atoms with E-state index in [2.05, 4.69) is 11.9 Å². The second-order valence-corrected chi connectivity index (χ2v) is 5.71. The average molecular weight is 277 g/mol. The lowest BCUT2D eigenvalue weighted by molar-refractivity contribution is 0.0499. The van der Waals surface area contributed by atoms with Crippen molar-refractivity contribution in [1.82, 2.24) is 5.32 Å². The Hall–Kier alpha value is -1.97. The molecule has 0 aliphatic heterocycles. The summed E-state index contributed by atoms with van der Waals surface area (Å²) in [6.45, 7) is 8.88. The van der Waals surface area contributed by atoms with Gasteiger partial charge in [-0.1, -0.05) is 36.9 Å². The molecule has 4 heteroatoms. The van der Waals surface area contributed by atoms with E-state index in [1.165, 1.54) is 0 Å². The number of aliphatic hydroxyl groups is 1. The van der Waals surface area contributed by atoms with Crippen LogP contribution in [0.3, 0.4) is 0 Å². The lowest BCUT2D eigenvalue weighted by Gasteiger charge is -2.23. The maximum atomic E-state index is 11.7. The van der Waals surface area contributed by atoms with Crippen LogP contribution < -0.4 is 5.32 Å². The summed E-state index contributed by atoms with van der Waals surface area (Å²) in [5.41, 5.74) is 0.579. The van der Waals surface area contributed by atoms with Crippen molar-refractivity contribution in [2.24, 2.45) is 0 Å². The predicted octanol–water partition coefficient (Wildman–Crippen LogP) is 3.58. The minimum atomic E-state index is -0.565. The summed E-state index contributed by atoms with van der Waals surface area (Å²) in [6, 6.07) is 9.36. The first-order valence-corrected chi connectivity index (χ1v) is 6.69. The van der Waals surface area contributed by atoms with Gasteiger partial charge < -0.3 is 15.2 Å². The molecule has 20 heavy (non-hydrogen) atoms. The SMILES string of the molecule is C=C(O)C(CCc1ccccc1)NC(=O)OC(C)(C)C. The van der Waals surface area contributed by atoms with E-state index in [1.807, 2.05) is 30.3 Å².